The number of nitrogens with zero attached hydrogens (tertiary/aromatic N) is 1. The molecule has 3 heteroatoms. The van der Waals surface area contributed by atoms with Crippen molar-refractivity contribution >= 4 is 5.69 Å². The number of fused-ring (bicyclic) bond motifs is 1. The highest BCUT2D eigenvalue weighted by molar-refractivity contribution is 5.50. The molecule has 1 saturated carbocycles. The van der Waals surface area contributed by atoms with Crippen LogP contribution < -0.4 is 10.6 Å². The van der Waals surface area contributed by atoms with Crippen molar-refractivity contribution in [2.75, 3.05) is 18.0 Å². The van der Waals surface area contributed by atoms with E-state index in [9.17, 15) is 4.39 Å². The highest BCUT2D eigenvalue weighted by atomic mass is 19.1. The van der Waals surface area contributed by atoms with Gasteiger partial charge in [0.2, 0.25) is 0 Å². The third-order valence-electron chi connectivity index (χ3n) is 4.31. The quantitative estimate of drug-likeness (QED) is 0.852. The molecule has 0 spiro atoms. The minimum Gasteiger partial charge on any atom is -0.369 e. The molecule has 1 saturated heterocycles. The van der Waals surface area contributed by atoms with Crippen LogP contribution in [0, 0.1) is 17.7 Å². The van der Waals surface area contributed by atoms with Gasteiger partial charge in [-0.3, -0.25) is 0 Å². The number of hydrogen-bond donors (Lipinski definition) is 1. The molecule has 2 unspecified atom stereocenters. The molecule has 2 atom stereocenters. The first-order chi connectivity index (χ1) is 8.28. The lowest BCUT2D eigenvalue weighted by molar-refractivity contribution is 0.494. The predicted molar refractivity (Wildman–Crippen MR) is 67.3 cm³/mol. The number of benzene rings is 1. The van der Waals surface area contributed by atoms with Gasteiger partial charge in [0.15, 0.2) is 0 Å². The van der Waals surface area contributed by atoms with Gasteiger partial charge in [0.1, 0.15) is 5.82 Å². The van der Waals surface area contributed by atoms with Crippen molar-refractivity contribution in [3.8, 4) is 0 Å². The number of halogens is 1. The van der Waals surface area contributed by atoms with Crippen LogP contribution in [0.2, 0.25) is 0 Å². The number of nitrogens with two attached hydrogens (primary N) is 1. The van der Waals surface area contributed by atoms with E-state index in [0.29, 0.717) is 6.54 Å². The Morgan fingerprint density at radius 1 is 1.24 bits per heavy atom. The minimum atomic E-state index is -0.118. The highest BCUT2D eigenvalue weighted by Crippen LogP contribution is 2.40. The summed E-state index contributed by atoms with van der Waals surface area (Å²) in [6.07, 6.45) is 4.01. The second-order valence-corrected chi connectivity index (χ2v) is 5.35. The standard InChI is InChI=1S/C14H19FN2/c15-13-6-10(7-16)4-5-14(13)17-8-11-2-1-3-12(11)9-17/h4-6,11-12H,1-3,7-9,16H2. The lowest BCUT2D eigenvalue weighted by atomic mass is 10.0. The molecule has 2 N–H and O–H groups in total. The molecule has 1 aliphatic heterocycles. The Labute approximate surface area is 102 Å². The molecule has 0 amide bonds. The number of anilines is 1. The summed E-state index contributed by atoms with van der Waals surface area (Å²) in [6, 6.07) is 5.40. The number of rotatable bonds is 2. The van der Waals surface area contributed by atoms with Crippen LogP contribution in [-0.2, 0) is 6.54 Å². The molecule has 1 aliphatic carbocycles. The summed E-state index contributed by atoms with van der Waals surface area (Å²) in [5.41, 5.74) is 7.14. The molecule has 0 radical (unpaired) electrons. The van der Waals surface area contributed by atoms with Gasteiger partial charge in [-0.1, -0.05) is 12.5 Å². The van der Waals surface area contributed by atoms with Gasteiger partial charge < -0.3 is 10.6 Å². The van der Waals surface area contributed by atoms with Gasteiger partial charge in [-0.25, -0.2) is 4.39 Å². The Bertz CT molecular complexity index is 407. The van der Waals surface area contributed by atoms with Crippen LogP contribution in [-0.4, -0.2) is 13.1 Å². The van der Waals surface area contributed by atoms with Crippen molar-refractivity contribution < 1.29 is 4.39 Å². The van der Waals surface area contributed by atoms with E-state index < -0.39 is 0 Å². The van der Waals surface area contributed by atoms with Crippen LogP contribution in [0.15, 0.2) is 18.2 Å². The van der Waals surface area contributed by atoms with E-state index in [4.69, 9.17) is 5.73 Å². The average molecular weight is 234 g/mol. The molecule has 2 nitrogen and oxygen atoms in total. The average Bonchev–Trinajstić information content (AvgIpc) is 2.89. The molecule has 0 aromatic heterocycles. The summed E-state index contributed by atoms with van der Waals surface area (Å²) in [5, 5.41) is 0. The van der Waals surface area contributed by atoms with Crippen LogP contribution in [0.5, 0.6) is 0 Å². The first-order valence-corrected chi connectivity index (χ1v) is 6.51. The van der Waals surface area contributed by atoms with E-state index in [-0.39, 0.29) is 5.82 Å². The van der Waals surface area contributed by atoms with Crippen LogP contribution in [0.1, 0.15) is 24.8 Å². The second kappa shape index (κ2) is 4.30. The van der Waals surface area contributed by atoms with Crippen molar-refractivity contribution in [2.45, 2.75) is 25.8 Å². The summed E-state index contributed by atoms with van der Waals surface area (Å²) in [7, 11) is 0. The van der Waals surface area contributed by atoms with Crippen molar-refractivity contribution in [3.05, 3.63) is 29.6 Å². The molecule has 3 rings (SSSR count). The predicted octanol–water partition coefficient (Wildman–Crippen LogP) is 2.52. The maximum atomic E-state index is 14.0. The Morgan fingerprint density at radius 3 is 2.53 bits per heavy atom. The summed E-state index contributed by atoms with van der Waals surface area (Å²) in [4.78, 5) is 2.21. The lowest BCUT2D eigenvalue weighted by Crippen LogP contribution is -2.22. The molecule has 17 heavy (non-hydrogen) atoms. The fourth-order valence-corrected chi connectivity index (χ4v) is 3.37. The molecule has 2 aliphatic rings. The smallest absolute Gasteiger partial charge is 0.146 e. The van der Waals surface area contributed by atoms with Crippen molar-refractivity contribution in [1.82, 2.24) is 0 Å². The minimum absolute atomic E-state index is 0.118. The zero-order chi connectivity index (χ0) is 11.8. The third-order valence-corrected chi connectivity index (χ3v) is 4.31. The maximum absolute atomic E-state index is 14.0. The molecular formula is C14H19FN2. The van der Waals surface area contributed by atoms with E-state index in [1.807, 2.05) is 12.1 Å². The molecule has 2 fully saturated rings. The fourth-order valence-electron chi connectivity index (χ4n) is 3.37. The van der Waals surface area contributed by atoms with E-state index in [0.717, 1.165) is 36.2 Å². The Kier molecular flexibility index (Phi) is 2.79. The monoisotopic (exact) mass is 234 g/mol. The molecule has 1 aromatic rings. The SMILES string of the molecule is NCc1ccc(N2CC3CCCC3C2)c(F)c1. The van der Waals surface area contributed by atoms with E-state index in [2.05, 4.69) is 4.90 Å². The van der Waals surface area contributed by atoms with Gasteiger partial charge >= 0.3 is 0 Å². The van der Waals surface area contributed by atoms with Crippen molar-refractivity contribution in [1.29, 1.82) is 0 Å². The van der Waals surface area contributed by atoms with Crippen molar-refractivity contribution in [3.63, 3.8) is 0 Å². The number of hydrogen-bond acceptors (Lipinski definition) is 2. The largest absolute Gasteiger partial charge is 0.369 e. The van der Waals surface area contributed by atoms with Crippen LogP contribution >= 0.6 is 0 Å². The first-order valence-electron chi connectivity index (χ1n) is 6.51. The molecule has 1 heterocycles. The maximum Gasteiger partial charge on any atom is 0.146 e. The fraction of sp³-hybridized carbons (Fsp3) is 0.571. The van der Waals surface area contributed by atoms with Gasteiger partial charge in [-0.2, -0.15) is 0 Å². The zero-order valence-corrected chi connectivity index (χ0v) is 10.0. The van der Waals surface area contributed by atoms with Gasteiger partial charge in [0.25, 0.3) is 0 Å². The molecule has 1 aromatic carbocycles. The van der Waals surface area contributed by atoms with Crippen LogP contribution in [0.3, 0.4) is 0 Å². The van der Waals surface area contributed by atoms with Gasteiger partial charge in [-0.05, 0) is 42.4 Å². The second-order valence-electron chi connectivity index (χ2n) is 5.35. The first kappa shape index (κ1) is 11.0. The Balaban J connectivity index is 1.81. The third kappa shape index (κ3) is 1.93. The van der Waals surface area contributed by atoms with Gasteiger partial charge in [0.05, 0.1) is 5.69 Å². The Morgan fingerprint density at radius 2 is 1.94 bits per heavy atom. The van der Waals surface area contributed by atoms with Crippen LogP contribution in [0.4, 0.5) is 10.1 Å². The summed E-state index contributed by atoms with van der Waals surface area (Å²) < 4.78 is 14.0. The molecule has 92 valence electrons. The lowest BCUT2D eigenvalue weighted by Gasteiger charge is -2.20. The summed E-state index contributed by atoms with van der Waals surface area (Å²) >= 11 is 0. The van der Waals surface area contributed by atoms with Gasteiger partial charge in [0, 0.05) is 19.6 Å². The van der Waals surface area contributed by atoms with E-state index in [1.54, 1.807) is 6.07 Å². The zero-order valence-electron chi connectivity index (χ0n) is 10.0. The summed E-state index contributed by atoms with van der Waals surface area (Å²) in [6.45, 7) is 2.47. The van der Waals surface area contributed by atoms with E-state index in [1.165, 1.54) is 19.3 Å². The van der Waals surface area contributed by atoms with Gasteiger partial charge in [-0.15, -0.1) is 0 Å². The van der Waals surface area contributed by atoms with E-state index >= 15 is 0 Å². The highest BCUT2D eigenvalue weighted by Gasteiger charge is 2.36. The topological polar surface area (TPSA) is 29.3 Å². The Hall–Kier alpha value is -1.09. The normalized spacial score (nSPS) is 27.5. The molecule has 0 bridgehead atoms. The van der Waals surface area contributed by atoms with Crippen molar-refractivity contribution in [2.24, 2.45) is 17.6 Å². The summed E-state index contributed by atoms with van der Waals surface area (Å²) in [5.74, 6) is 1.47. The molecular weight excluding hydrogens is 215 g/mol. The van der Waals surface area contributed by atoms with Crippen LogP contribution in [0.25, 0.3) is 0 Å².